The van der Waals surface area contributed by atoms with Crippen molar-refractivity contribution in [2.45, 2.75) is 6.04 Å². The van der Waals surface area contributed by atoms with Crippen molar-refractivity contribution in [3.05, 3.63) is 69.4 Å². The van der Waals surface area contributed by atoms with Gasteiger partial charge in [-0.1, -0.05) is 24.3 Å². The number of benzene rings is 1. The molecule has 0 spiro atoms. The Kier molecular flexibility index (Phi) is 5.20. The zero-order valence-corrected chi connectivity index (χ0v) is 15.3. The summed E-state index contributed by atoms with van der Waals surface area (Å²) in [6, 6.07) is 8.41. The number of nitrogens with zero attached hydrogens (tertiary/aromatic N) is 2. The van der Waals surface area contributed by atoms with Crippen molar-refractivity contribution in [2.75, 3.05) is 27.2 Å². The van der Waals surface area contributed by atoms with Crippen LogP contribution in [0, 0.1) is 5.82 Å². The molecule has 0 saturated heterocycles. The van der Waals surface area contributed by atoms with E-state index in [0.29, 0.717) is 11.4 Å². The van der Waals surface area contributed by atoms with E-state index < -0.39 is 29.3 Å². The average molecular weight is 374 g/mol. The van der Waals surface area contributed by atoms with Gasteiger partial charge in [0.2, 0.25) is 5.78 Å². The summed E-state index contributed by atoms with van der Waals surface area (Å²) < 4.78 is 14.5. The predicted octanol–water partition coefficient (Wildman–Crippen LogP) is 3.03. The number of amides is 1. The number of hydrogen-bond acceptors (Lipinski definition) is 5. The summed E-state index contributed by atoms with van der Waals surface area (Å²) in [5, 5.41) is 12.2. The molecule has 2 heterocycles. The monoisotopic (exact) mass is 374 g/mol. The van der Waals surface area contributed by atoms with Gasteiger partial charge in [-0.05, 0) is 31.6 Å². The first-order valence-corrected chi connectivity index (χ1v) is 9.01. The number of hydrogen-bond donors (Lipinski definition) is 1. The molecule has 1 aliphatic heterocycles. The average Bonchev–Trinajstić information content (AvgIpc) is 3.22. The molecule has 2 aromatic rings. The second-order valence-electron chi connectivity index (χ2n) is 6.29. The maximum absolute atomic E-state index is 14.5. The lowest BCUT2D eigenvalue weighted by atomic mass is 9.95. The van der Waals surface area contributed by atoms with Gasteiger partial charge in [-0.3, -0.25) is 9.59 Å². The summed E-state index contributed by atoms with van der Waals surface area (Å²) in [7, 11) is 3.70. The van der Waals surface area contributed by atoms with Crippen LogP contribution in [-0.4, -0.2) is 53.8 Å². The van der Waals surface area contributed by atoms with Gasteiger partial charge in [0.25, 0.3) is 5.91 Å². The fourth-order valence-electron chi connectivity index (χ4n) is 2.98. The fourth-order valence-corrected chi connectivity index (χ4v) is 3.66. The third-order valence-corrected chi connectivity index (χ3v) is 5.15. The lowest BCUT2D eigenvalue weighted by Gasteiger charge is -2.28. The molecule has 1 aromatic carbocycles. The summed E-state index contributed by atoms with van der Waals surface area (Å²) in [6.45, 7) is 0.778. The number of aliphatic hydroxyl groups is 1. The topological polar surface area (TPSA) is 60.9 Å². The van der Waals surface area contributed by atoms with Crippen LogP contribution in [0.15, 0.2) is 53.1 Å². The van der Waals surface area contributed by atoms with Gasteiger partial charge in [-0.2, -0.15) is 0 Å². The molecule has 0 aliphatic carbocycles. The first kappa shape index (κ1) is 18.3. The first-order chi connectivity index (χ1) is 12.4. The van der Waals surface area contributed by atoms with E-state index in [1.54, 1.807) is 29.6 Å². The summed E-state index contributed by atoms with van der Waals surface area (Å²) in [4.78, 5) is 29.2. The van der Waals surface area contributed by atoms with Crippen LogP contribution in [0.3, 0.4) is 0 Å². The molecule has 26 heavy (non-hydrogen) atoms. The SMILES string of the molecule is CN(C)CCN1C(=O)C(O)=C(C(=O)c2cccs2)[C@H]1c1ccccc1F. The molecule has 0 bridgehead atoms. The summed E-state index contributed by atoms with van der Waals surface area (Å²) >= 11 is 1.22. The molecule has 5 nitrogen and oxygen atoms in total. The maximum Gasteiger partial charge on any atom is 0.290 e. The Balaban J connectivity index is 2.08. The third-order valence-electron chi connectivity index (χ3n) is 4.28. The van der Waals surface area contributed by atoms with Crippen LogP contribution in [0.25, 0.3) is 0 Å². The van der Waals surface area contributed by atoms with Gasteiger partial charge in [0.05, 0.1) is 16.5 Å². The minimum absolute atomic E-state index is 0.0682. The van der Waals surface area contributed by atoms with E-state index in [4.69, 9.17) is 0 Å². The van der Waals surface area contributed by atoms with E-state index in [-0.39, 0.29) is 17.7 Å². The Morgan fingerprint density at radius 2 is 2.00 bits per heavy atom. The van der Waals surface area contributed by atoms with Crippen LogP contribution in [-0.2, 0) is 4.79 Å². The Morgan fingerprint density at radius 3 is 2.62 bits per heavy atom. The highest BCUT2D eigenvalue weighted by atomic mass is 32.1. The fraction of sp³-hybridized carbons (Fsp3) is 0.263. The lowest BCUT2D eigenvalue weighted by molar-refractivity contribution is -0.129. The van der Waals surface area contributed by atoms with Crippen molar-refractivity contribution in [3.63, 3.8) is 0 Å². The lowest BCUT2D eigenvalue weighted by Crippen LogP contribution is -2.37. The summed E-state index contributed by atoms with van der Waals surface area (Å²) in [5.41, 5.74) is 0.130. The van der Waals surface area contributed by atoms with E-state index >= 15 is 0 Å². The minimum atomic E-state index is -0.946. The van der Waals surface area contributed by atoms with Crippen LogP contribution in [0.2, 0.25) is 0 Å². The molecule has 7 heteroatoms. The minimum Gasteiger partial charge on any atom is -0.503 e. The van der Waals surface area contributed by atoms with E-state index in [1.165, 1.54) is 28.4 Å². The van der Waals surface area contributed by atoms with Crippen molar-refractivity contribution in [2.24, 2.45) is 0 Å². The normalized spacial score (nSPS) is 17.5. The zero-order chi connectivity index (χ0) is 18.8. The number of thiophene rings is 1. The molecular weight excluding hydrogens is 355 g/mol. The van der Waals surface area contributed by atoms with Gasteiger partial charge in [0.15, 0.2) is 5.76 Å². The largest absolute Gasteiger partial charge is 0.503 e. The van der Waals surface area contributed by atoms with Gasteiger partial charge >= 0.3 is 0 Å². The van der Waals surface area contributed by atoms with Gasteiger partial charge in [0.1, 0.15) is 5.82 Å². The number of carbonyl (C=O) groups is 2. The second kappa shape index (κ2) is 7.39. The molecule has 1 N–H and O–H groups in total. The third kappa shape index (κ3) is 3.27. The number of rotatable bonds is 6. The molecule has 0 unspecified atom stereocenters. The molecule has 136 valence electrons. The van der Waals surface area contributed by atoms with Crippen LogP contribution >= 0.6 is 11.3 Å². The van der Waals surface area contributed by atoms with E-state index in [1.807, 2.05) is 19.0 Å². The Labute approximate surface area is 155 Å². The van der Waals surface area contributed by atoms with Crippen molar-refractivity contribution in [1.82, 2.24) is 9.80 Å². The molecule has 1 amide bonds. The maximum atomic E-state index is 14.5. The Bertz CT molecular complexity index is 861. The number of likely N-dealkylation sites (N-methyl/N-ethyl adjacent to an activating group) is 1. The summed E-state index contributed by atoms with van der Waals surface area (Å²) in [6.07, 6.45) is 0. The first-order valence-electron chi connectivity index (χ1n) is 8.13. The number of carbonyl (C=O) groups excluding carboxylic acids is 2. The predicted molar refractivity (Wildman–Crippen MR) is 97.7 cm³/mol. The highest BCUT2D eigenvalue weighted by molar-refractivity contribution is 7.12. The number of Topliss-reactive ketones (excluding diaryl/α,β-unsaturated/α-hetero) is 1. The van der Waals surface area contributed by atoms with E-state index in [0.717, 1.165) is 0 Å². The second-order valence-corrected chi connectivity index (χ2v) is 7.24. The molecule has 1 aliphatic rings. The van der Waals surface area contributed by atoms with Crippen molar-refractivity contribution >= 4 is 23.0 Å². The van der Waals surface area contributed by atoms with Crippen molar-refractivity contribution in [1.29, 1.82) is 0 Å². The highest BCUT2D eigenvalue weighted by Gasteiger charge is 2.44. The molecule has 1 aromatic heterocycles. The summed E-state index contributed by atoms with van der Waals surface area (Å²) in [5.74, 6) is -2.23. The highest BCUT2D eigenvalue weighted by Crippen LogP contribution is 2.40. The molecule has 1 atom stereocenters. The number of aliphatic hydroxyl groups excluding tert-OH is 1. The Morgan fingerprint density at radius 1 is 1.27 bits per heavy atom. The van der Waals surface area contributed by atoms with Crippen molar-refractivity contribution < 1.29 is 19.1 Å². The van der Waals surface area contributed by atoms with Gasteiger partial charge in [-0.25, -0.2) is 4.39 Å². The van der Waals surface area contributed by atoms with Crippen LogP contribution in [0.1, 0.15) is 21.3 Å². The van der Waals surface area contributed by atoms with Gasteiger partial charge < -0.3 is 14.9 Å². The van der Waals surface area contributed by atoms with Crippen LogP contribution < -0.4 is 0 Å². The molecule has 0 radical (unpaired) electrons. The van der Waals surface area contributed by atoms with Gasteiger partial charge in [0, 0.05) is 18.7 Å². The zero-order valence-electron chi connectivity index (χ0n) is 14.5. The van der Waals surface area contributed by atoms with Gasteiger partial charge in [-0.15, -0.1) is 11.3 Å². The molecular formula is C19H19FN2O3S. The molecule has 3 rings (SSSR count). The quantitative estimate of drug-likeness (QED) is 0.790. The molecule has 0 fully saturated rings. The van der Waals surface area contributed by atoms with E-state index in [2.05, 4.69) is 0 Å². The van der Waals surface area contributed by atoms with E-state index in [9.17, 15) is 19.1 Å². The number of halogens is 1. The smallest absolute Gasteiger partial charge is 0.290 e. The Hall–Kier alpha value is -2.51. The van der Waals surface area contributed by atoms with Crippen LogP contribution in [0.4, 0.5) is 4.39 Å². The van der Waals surface area contributed by atoms with Crippen molar-refractivity contribution in [3.8, 4) is 0 Å². The molecule has 0 saturated carbocycles. The van der Waals surface area contributed by atoms with Crippen LogP contribution in [0.5, 0.6) is 0 Å². The number of ketones is 1. The standard InChI is InChI=1S/C19H19FN2O3S/c1-21(2)9-10-22-16(12-6-3-4-7-13(12)20)15(18(24)19(22)25)17(23)14-8-5-11-26-14/h3-8,11,16,24H,9-10H2,1-2H3/t16-/m1/s1.